The molecule has 0 aromatic heterocycles. The number of allylic oxidation sites excluding steroid dienone is 26. The van der Waals surface area contributed by atoms with Crippen LogP contribution in [0.1, 0.15) is 361 Å². The Kier molecular flexibility index (Phi) is 76.8. The summed E-state index contributed by atoms with van der Waals surface area (Å²) in [5, 5.41) is 9.72. The zero-order chi connectivity index (χ0) is 66.1. The molecule has 0 aliphatic rings. The van der Waals surface area contributed by atoms with Gasteiger partial charge in [0.1, 0.15) is 6.61 Å². The topological polar surface area (TPSA) is 72.8 Å². The minimum atomic E-state index is -0.791. The molecule has 0 saturated carbocycles. The largest absolute Gasteiger partial charge is 0.462 e. The maximum atomic E-state index is 12.4. The van der Waals surface area contributed by atoms with E-state index in [2.05, 4.69) is 172 Å². The molecule has 0 rings (SSSR count). The predicted molar refractivity (Wildman–Crippen MR) is 407 cm³/mol. The van der Waals surface area contributed by atoms with Crippen molar-refractivity contribution in [2.75, 3.05) is 13.2 Å². The van der Waals surface area contributed by atoms with Gasteiger partial charge in [0.25, 0.3) is 0 Å². The van der Waals surface area contributed by atoms with E-state index < -0.39 is 6.10 Å². The minimum Gasteiger partial charge on any atom is -0.462 e. The van der Waals surface area contributed by atoms with Gasteiger partial charge in [0.05, 0.1) is 6.61 Å². The Morgan fingerprint density at radius 3 is 0.707 bits per heavy atom. The lowest BCUT2D eigenvalue weighted by Crippen LogP contribution is -2.28. The zero-order valence-electron chi connectivity index (χ0n) is 60.3. The Bertz CT molecular complexity index is 1930. The number of aliphatic hydroxyl groups is 1. The number of unbranched alkanes of at least 4 members (excludes halogenated alkanes) is 37. The molecule has 5 nitrogen and oxygen atoms in total. The molecule has 0 spiro atoms. The molecule has 0 aliphatic carbocycles. The molecule has 5 heteroatoms. The van der Waals surface area contributed by atoms with Gasteiger partial charge in [0.15, 0.2) is 6.10 Å². The predicted octanol–water partition coefficient (Wildman–Crippen LogP) is 27.8. The highest BCUT2D eigenvalue weighted by Gasteiger charge is 2.16. The summed E-state index contributed by atoms with van der Waals surface area (Å²) >= 11 is 0. The molecule has 0 amide bonds. The normalized spacial score (nSPS) is 13.1. The molecule has 92 heavy (non-hydrogen) atoms. The van der Waals surface area contributed by atoms with E-state index in [4.69, 9.17) is 9.47 Å². The van der Waals surface area contributed by atoms with Crippen LogP contribution in [0.25, 0.3) is 0 Å². The molecule has 0 bridgehead atoms. The third kappa shape index (κ3) is 78.0. The molecule has 1 unspecified atom stereocenters. The molecule has 0 radical (unpaired) electrons. The first kappa shape index (κ1) is 87.5. The van der Waals surface area contributed by atoms with Crippen molar-refractivity contribution in [2.45, 2.75) is 367 Å². The minimum absolute atomic E-state index is 0.0772. The van der Waals surface area contributed by atoms with Gasteiger partial charge in [0.2, 0.25) is 0 Å². The summed E-state index contributed by atoms with van der Waals surface area (Å²) in [6, 6.07) is 0. The first-order valence-corrected chi connectivity index (χ1v) is 39.0. The summed E-state index contributed by atoms with van der Waals surface area (Å²) in [7, 11) is 0. The molecule has 0 saturated heterocycles. The molecule has 1 N–H and O–H groups in total. The van der Waals surface area contributed by atoms with Crippen LogP contribution in [0.4, 0.5) is 0 Å². The van der Waals surface area contributed by atoms with Crippen LogP contribution in [0.15, 0.2) is 158 Å². The summed E-state index contributed by atoms with van der Waals surface area (Å²) < 4.78 is 10.8. The van der Waals surface area contributed by atoms with Gasteiger partial charge in [-0.05, 0) is 128 Å². The maximum absolute atomic E-state index is 12.4. The molecule has 0 aromatic rings. The SMILES string of the molecule is CC/C=C\C/C=C\C/C=C\C/C=C\C/C=C\C/C=C\C/C=C\C/C=C\C/C=C\C/C=C\CCCCCCCCC(=O)OC(CO)COC(=O)CCCCCCCCCCCCCCCCCCCCCCCCCCCC/C=C\C/C=C\C/C=C\CCCCCCC. The van der Waals surface area contributed by atoms with Crippen LogP contribution in [-0.2, 0) is 19.1 Å². The average Bonchev–Trinajstić information content (AvgIpc) is 3.70. The molecule has 0 heterocycles. The van der Waals surface area contributed by atoms with Gasteiger partial charge in [-0.25, -0.2) is 0 Å². The Morgan fingerprint density at radius 1 is 0.261 bits per heavy atom. The van der Waals surface area contributed by atoms with E-state index in [9.17, 15) is 14.7 Å². The van der Waals surface area contributed by atoms with Crippen LogP contribution in [0.5, 0.6) is 0 Å². The highest BCUT2D eigenvalue weighted by atomic mass is 16.6. The highest BCUT2D eigenvalue weighted by molar-refractivity contribution is 5.70. The summed E-state index contributed by atoms with van der Waals surface area (Å²) in [4.78, 5) is 24.7. The van der Waals surface area contributed by atoms with Crippen molar-refractivity contribution in [1.29, 1.82) is 0 Å². The quantitative estimate of drug-likeness (QED) is 0.0373. The van der Waals surface area contributed by atoms with Crippen LogP contribution in [0, 0.1) is 0 Å². The molecule has 0 aliphatic heterocycles. The van der Waals surface area contributed by atoms with Gasteiger partial charge in [-0.3, -0.25) is 9.59 Å². The number of esters is 2. The van der Waals surface area contributed by atoms with Crippen molar-refractivity contribution in [3.8, 4) is 0 Å². The Hall–Kier alpha value is -4.48. The Morgan fingerprint density at radius 2 is 0.467 bits per heavy atom. The number of rotatable bonds is 71. The average molecular weight is 1270 g/mol. The smallest absolute Gasteiger partial charge is 0.306 e. The second kappa shape index (κ2) is 80.8. The van der Waals surface area contributed by atoms with Gasteiger partial charge in [-0.1, -0.05) is 377 Å². The first-order valence-electron chi connectivity index (χ1n) is 39.0. The van der Waals surface area contributed by atoms with Crippen LogP contribution >= 0.6 is 0 Å². The summed E-state index contributed by atoms with van der Waals surface area (Å²) in [5.74, 6) is -0.603. The third-order valence-corrected chi connectivity index (χ3v) is 16.8. The third-order valence-electron chi connectivity index (χ3n) is 16.8. The number of carbonyl (C=O) groups excluding carboxylic acids is 2. The maximum Gasteiger partial charge on any atom is 0.306 e. The number of hydrogen-bond donors (Lipinski definition) is 1. The van der Waals surface area contributed by atoms with Gasteiger partial charge in [-0.15, -0.1) is 0 Å². The van der Waals surface area contributed by atoms with Crippen molar-refractivity contribution < 1.29 is 24.2 Å². The highest BCUT2D eigenvalue weighted by Crippen LogP contribution is 2.18. The van der Waals surface area contributed by atoms with Gasteiger partial charge in [-0.2, -0.15) is 0 Å². The summed E-state index contributed by atoms with van der Waals surface area (Å²) in [5.41, 5.74) is 0. The lowest BCUT2D eigenvalue weighted by Gasteiger charge is -2.15. The van der Waals surface area contributed by atoms with Gasteiger partial charge < -0.3 is 14.6 Å². The van der Waals surface area contributed by atoms with E-state index in [0.717, 1.165) is 122 Å². The van der Waals surface area contributed by atoms with E-state index in [1.807, 2.05) is 0 Å². The van der Waals surface area contributed by atoms with Crippen LogP contribution in [-0.4, -0.2) is 36.4 Å². The molecule has 524 valence electrons. The second-order valence-corrected chi connectivity index (χ2v) is 25.7. The molecular weight excluding hydrogens is 1120 g/mol. The van der Waals surface area contributed by atoms with E-state index >= 15 is 0 Å². The lowest BCUT2D eigenvalue weighted by molar-refractivity contribution is -0.161. The number of carbonyl (C=O) groups is 2. The van der Waals surface area contributed by atoms with Crippen molar-refractivity contribution in [3.05, 3.63) is 158 Å². The van der Waals surface area contributed by atoms with Crippen LogP contribution in [0.3, 0.4) is 0 Å². The van der Waals surface area contributed by atoms with E-state index in [1.54, 1.807) is 0 Å². The molecular formula is C87H146O5. The van der Waals surface area contributed by atoms with Crippen molar-refractivity contribution in [3.63, 3.8) is 0 Å². The standard InChI is InChI=1S/C87H146O5/c1-3-5-7-9-11-13-15-17-19-21-23-25-27-29-31-33-35-37-39-41-42-43-44-46-47-49-51-53-55-57-59-61-63-65-67-69-71-73-75-77-79-81-86(89)91-84-85(83-88)92-87(90)82-80-78-76-74-72-70-68-66-64-62-60-58-56-54-52-50-48-45-40-38-36-34-32-30-28-26-24-22-20-18-16-14-12-10-8-6-4-2/h6,8,12,14-15,17-18,20-21,23-24,26-27,29-30,32,36,38,45,48,52,54,58,60,64,66,85,88H,3-5,7,9-11,13,16,19,22,25,28,31,33-35,37,39-44,46-47,49-51,53,55-57,59,61-63,65,67-84H2,1-2H3/b8-6-,14-12-,17-15-,20-18-,23-21-,26-24-,29-27-,32-30-,38-36-,48-45-,54-52-,60-58-,66-64-. The van der Waals surface area contributed by atoms with Gasteiger partial charge >= 0.3 is 11.9 Å². The monoisotopic (exact) mass is 1270 g/mol. The van der Waals surface area contributed by atoms with E-state index in [-0.39, 0.29) is 25.2 Å². The van der Waals surface area contributed by atoms with Crippen LogP contribution < -0.4 is 0 Å². The zero-order valence-corrected chi connectivity index (χ0v) is 60.3. The van der Waals surface area contributed by atoms with Crippen molar-refractivity contribution in [2.24, 2.45) is 0 Å². The van der Waals surface area contributed by atoms with Crippen molar-refractivity contribution in [1.82, 2.24) is 0 Å². The Labute approximate surface area is 571 Å². The number of hydrogen-bond acceptors (Lipinski definition) is 5. The fourth-order valence-corrected chi connectivity index (χ4v) is 11.0. The van der Waals surface area contributed by atoms with E-state index in [1.165, 1.54) is 212 Å². The second-order valence-electron chi connectivity index (χ2n) is 25.7. The number of ether oxygens (including phenoxy) is 2. The Balaban J connectivity index is 3.50. The summed E-state index contributed by atoms with van der Waals surface area (Å²) in [6.45, 7) is 4.03. The van der Waals surface area contributed by atoms with Crippen molar-refractivity contribution >= 4 is 11.9 Å². The van der Waals surface area contributed by atoms with Crippen LogP contribution in [0.2, 0.25) is 0 Å². The van der Waals surface area contributed by atoms with E-state index in [0.29, 0.717) is 12.8 Å². The number of aliphatic hydroxyl groups excluding tert-OH is 1. The fourth-order valence-electron chi connectivity index (χ4n) is 11.0. The lowest BCUT2D eigenvalue weighted by atomic mass is 10.0. The summed E-state index contributed by atoms with van der Waals surface area (Å²) in [6.07, 6.45) is 123. The molecule has 0 fully saturated rings. The fraction of sp³-hybridized carbons (Fsp3) is 0.678. The molecule has 0 aromatic carbocycles. The van der Waals surface area contributed by atoms with Gasteiger partial charge in [0, 0.05) is 12.8 Å². The molecule has 1 atom stereocenters. The first-order chi connectivity index (χ1) is 45.6.